The number of nitriles is 1. The second-order valence-electron chi connectivity index (χ2n) is 6.14. The van der Waals surface area contributed by atoms with E-state index in [0.29, 0.717) is 21.0 Å². The highest BCUT2D eigenvalue weighted by atomic mass is 32.2. The van der Waals surface area contributed by atoms with Gasteiger partial charge < -0.3 is 9.30 Å². The molecule has 0 amide bonds. The maximum absolute atomic E-state index is 13.2. The van der Waals surface area contributed by atoms with E-state index < -0.39 is 16.8 Å². The molecular weight excluding hydrogens is 360 g/mol. The van der Waals surface area contributed by atoms with E-state index in [9.17, 15) is 14.3 Å². The molecule has 1 aromatic heterocycles. The molecule has 1 atom stereocenters. The van der Waals surface area contributed by atoms with Crippen molar-refractivity contribution in [3.05, 3.63) is 59.8 Å². The molecule has 0 saturated carbocycles. The highest BCUT2D eigenvalue weighted by Gasteiger charge is 2.36. The largest absolute Gasteiger partial charge is 0.461 e. The Morgan fingerprint density at radius 2 is 1.93 bits per heavy atom. The average Bonchev–Trinajstić information content (AvgIpc) is 2.95. The minimum absolute atomic E-state index is 0.226. The van der Waals surface area contributed by atoms with Gasteiger partial charge in [-0.3, -0.25) is 0 Å². The summed E-state index contributed by atoms with van der Waals surface area (Å²) in [5.74, 6) is -0.519. The topological polar surface area (TPSA) is 72.1 Å². The minimum Gasteiger partial charge on any atom is -0.461 e. The average molecular weight is 376 g/mol. The van der Waals surface area contributed by atoms with Crippen LogP contribution in [0.15, 0.2) is 58.5 Å². The van der Waals surface area contributed by atoms with Gasteiger partial charge in [0.25, 0.3) is 0 Å². The van der Waals surface area contributed by atoms with Crippen molar-refractivity contribution in [2.75, 3.05) is 6.61 Å². The quantitative estimate of drug-likeness (QED) is 0.509. The highest BCUT2D eigenvalue weighted by molar-refractivity contribution is 7.85. The first-order chi connectivity index (χ1) is 13.1. The summed E-state index contributed by atoms with van der Waals surface area (Å²) in [4.78, 5) is 13.1. The number of carbonyl (C=O) groups is 1. The number of hydrogen-bond acceptors (Lipinski definition) is 4. The number of carbonyl (C=O) groups excluding carboxylic acids is 1. The van der Waals surface area contributed by atoms with E-state index in [1.54, 1.807) is 14.0 Å². The summed E-state index contributed by atoms with van der Waals surface area (Å²) in [6.45, 7) is 1.95. The lowest BCUT2D eigenvalue weighted by atomic mass is 9.97. The van der Waals surface area contributed by atoms with Crippen molar-refractivity contribution in [3.63, 3.8) is 0 Å². The van der Waals surface area contributed by atoms with E-state index in [1.165, 1.54) is 4.57 Å². The van der Waals surface area contributed by atoms with Crippen LogP contribution in [0.4, 0.5) is 0 Å². The highest BCUT2D eigenvalue weighted by Crippen LogP contribution is 2.44. The summed E-state index contributed by atoms with van der Waals surface area (Å²) in [6, 6.07) is 17.5. The van der Waals surface area contributed by atoms with E-state index in [2.05, 4.69) is 6.07 Å². The van der Waals surface area contributed by atoms with E-state index in [0.717, 1.165) is 11.1 Å². The molecule has 0 N–H and O–H groups in total. The number of aromatic nitrogens is 1. The summed E-state index contributed by atoms with van der Waals surface area (Å²) in [5.41, 5.74) is 3.63. The molecule has 0 aliphatic carbocycles. The molecule has 0 spiro atoms. The number of hydrogen-bond donors (Lipinski definition) is 0. The van der Waals surface area contributed by atoms with Crippen molar-refractivity contribution in [1.82, 2.24) is 4.57 Å². The molecule has 2 bridgehead atoms. The molecule has 134 valence electrons. The lowest BCUT2D eigenvalue weighted by molar-refractivity contribution is 0.0515. The van der Waals surface area contributed by atoms with Crippen molar-refractivity contribution >= 4 is 16.8 Å². The lowest BCUT2D eigenvalue weighted by Crippen LogP contribution is -2.11. The Morgan fingerprint density at radius 3 is 2.59 bits per heavy atom. The Hall–Kier alpha value is -3.17. The van der Waals surface area contributed by atoms with Crippen LogP contribution in [0.1, 0.15) is 23.0 Å². The number of benzene rings is 2. The van der Waals surface area contributed by atoms with Gasteiger partial charge in [0.2, 0.25) is 0 Å². The zero-order valence-corrected chi connectivity index (χ0v) is 15.7. The van der Waals surface area contributed by atoms with E-state index in [1.807, 2.05) is 48.5 Å². The molecule has 0 radical (unpaired) electrons. The number of nitrogens with zero attached hydrogens (tertiary/aromatic N) is 2. The Labute approximate surface area is 159 Å². The van der Waals surface area contributed by atoms with Crippen LogP contribution in [-0.2, 0) is 22.6 Å². The smallest absolute Gasteiger partial charge is 0.355 e. The lowest BCUT2D eigenvalue weighted by Gasteiger charge is -2.15. The summed E-state index contributed by atoms with van der Waals surface area (Å²) in [6.07, 6.45) is 0. The van der Waals surface area contributed by atoms with Crippen molar-refractivity contribution in [2.24, 2.45) is 7.05 Å². The Balaban J connectivity index is 1.98. The maximum Gasteiger partial charge on any atom is 0.355 e. The van der Waals surface area contributed by atoms with Crippen molar-refractivity contribution in [1.29, 1.82) is 5.26 Å². The van der Waals surface area contributed by atoms with Gasteiger partial charge in [-0.2, -0.15) is 5.26 Å². The third-order valence-electron chi connectivity index (χ3n) is 4.65. The number of rotatable bonds is 3. The summed E-state index contributed by atoms with van der Waals surface area (Å²) >= 11 is 0. The molecular formula is C21H16N2O3S. The number of ether oxygens (including phenoxy) is 1. The van der Waals surface area contributed by atoms with Crippen LogP contribution in [0.3, 0.4) is 0 Å². The van der Waals surface area contributed by atoms with Gasteiger partial charge in [0, 0.05) is 18.2 Å². The minimum atomic E-state index is -1.56. The zero-order valence-electron chi connectivity index (χ0n) is 14.9. The van der Waals surface area contributed by atoms with Gasteiger partial charge in [-0.15, -0.1) is 0 Å². The van der Waals surface area contributed by atoms with Crippen molar-refractivity contribution in [3.8, 4) is 28.3 Å². The Bertz CT molecular complexity index is 1140. The van der Waals surface area contributed by atoms with Gasteiger partial charge in [0.15, 0.2) is 0 Å². The third kappa shape index (κ3) is 2.51. The fourth-order valence-electron chi connectivity index (χ4n) is 3.48. The summed E-state index contributed by atoms with van der Waals surface area (Å²) < 4.78 is 19.9. The Morgan fingerprint density at radius 1 is 1.19 bits per heavy atom. The monoisotopic (exact) mass is 376 g/mol. The van der Waals surface area contributed by atoms with Crippen LogP contribution in [0, 0.1) is 11.3 Å². The van der Waals surface area contributed by atoms with Gasteiger partial charge in [0.05, 0.1) is 17.1 Å². The van der Waals surface area contributed by atoms with Gasteiger partial charge >= 0.3 is 5.97 Å². The van der Waals surface area contributed by atoms with E-state index in [-0.39, 0.29) is 17.9 Å². The molecule has 2 heterocycles. The second kappa shape index (κ2) is 6.53. The first-order valence-corrected chi connectivity index (χ1v) is 9.65. The van der Waals surface area contributed by atoms with Crippen molar-refractivity contribution < 1.29 is 13.7 Å². The molecule has 1 aliphatic heterocycles. The number of fused-ring (bicyclic) bond motifs is 4. The van der Waals surface area contributed by atoms with E-state index in [4.69, 9.17) is 4.74 Å². The first kappa shape index (κ1) is 17.3. The fraction of sp³-hybridized carbons (Fsp3) is 0.143. The molecule has 0 saturated heterocycles. The van der Waals surface area contributed by atoms with E-state index >= 15 is 0 Å². The van der Waals surface area contributed by atoms with Crippen LogP contribution in [0.5, 0.6) is 0 Å². The predicted molar refractivity (Wildman–Crippen MR) is 102 cm³/mol. The molecule has 0 fully saturated rings. The molecule has 4 rings (SSSR count). The van der Waals surface area contributed by atoms with Gasteiger partial charge in [0.1, 0.15) is 27.6 Å². The molecule has 3 aromatic rings. The van der Waals surface area contributed by atoms with Gasteiger partial charge in [-0.1, -0.05) is 42.5 Å². The van der Waals surface area contributed by atoms with Gasteiger partial charge in [-0.25, -0.2) is 9.00 Å². The summed E-state index contributed by atoms with van der Waals surface area (Å²) in [7, 11) is 0.0837. The standard InChI is InChI=1S/C21H16N2O3S/c1-3-26-21(24)19-18-15-10-9-14(13-7-5-4-6-8-13)11-17(15)27(25)20(23(19)2)16(18)12-22/h4-11H,3H2,1-2H3. The molecule has 5 nitrogen and oxygen atoms in total. The normalized spacial score (nSPS) is 14.3. The zero-order chi connectivity index (χ0) is 19.1. The second-order valence-corrected chi connectivity index (χ2v) is 7.50. The van der Waals surface area contributed by atoms with Crippen molar-refractivity contribution in [2.45, 2.75) is 16.8 Å². The molecule has 2 aromatic carbocycles. The molecule has 6 heteroatoms. The molecule has 1 unspecified atom stereocenters. The van der Waals surface area contributed by atoms with Crippen LogP contribution < -0.4 is 0 Å². The fourth-order valence-corrected chi connectivity index (χ4v) is 4.97. The third-order valence-corrected chi connectivity index (χ3v) is 6.22. The number of esters is 1. The van der Waals surface area contributed by atoms with Crippen LogP contribution in [0.25, 0.3) is 22.3 Å². The van der Waals surface area contributed by atoms with Crippen LogP contribution in [-0.4, -0.2) is 21.4 Å². The first-order valence-electron chi connectivity index (χ1n) is 8.50. The SMILES string of the molecule is CCOC(=O)c1c2c(C#N)c(n1C)S(=O)c1cc(-c3ccccc3)ccc1-2. The van der Waals surface area contributed by atoms with Crippen LogP contribution in [0.2, 0.25) is 0 Å². The van der Waals surface area contributed by atoms with Crippen LogP contribution >= 0.6 is 0 Å². The predicted octanol–water partition coefficient (Wildman–Crippen LogP) is 3.89. The Kier molecular flexibility index (Phi) is 4.17. The molecule has 1 aliphatic rings. The summed E-state index contributed by atoms with van der Waals surface area (Å²) in [5, 5.41) is 9.98. The molecule has 27 heavy (non-hydrogen) atoms. The maximum atomic E-state index is 13.2. The van der Waals surface area contributed by atoms with Gasteiger partial charge in [-0.05, 0) is 24.1 Å².